The summed E-state index contributed by atoms with van der Waals surface area (Å²) in [6.07, 6.45) is 0. The number of amides is 1. The van der Waals surface area contributed by atoms with E-state index in [-0.39, 0.29) is 10.6 Å². The Kier molecular flexibility index (Phi) is 3.20. The molecule has 2 aromatic heterocycles. The van der Waals surface area contributed by atoms with Gasteiger partial charge in [-0.15, -0.1) is 11.3 Å². The van der Waals surface area contributed by atoms with E-state index in [2.05, 4.69) is 15.5 Å². The average molecular weight is 265 g/mol. The van der Waals surface area contributed by atoms with Gasteiger partial charge in [-0.3, -0.25) is 9.59 Å². The van der Waals surface area contributed by atoms with Crippen LogP contribution in [0.15, 0.2) is 29.1 Å². The van der Waals surface area contributed by atoms with Crippen molar-refractivity contribution < 1.29 is 14.7 Å². The monoisotopic (exact) mass is 265 g/mol. The first kappa shape index (κ1) is 12.0. The van der Waals surface area contributed by atoms with E-state index in [1.165, 1.54) is 24.3 Å². The van der Waals surface area contributed by atoms with E-state index in [0.29, 0.717) is 5.00 Å². The number of aromatic amines is 1. The van der Waals surface area contributed by atoms with Gasteiger partial charge in [0.2, 0.25) is 0 Å². The Balaban J connectivity index is 2.13. The Morgan fingerprint density at radius 1 is 1.28 bits per heavy atom. The number of carboxylic acid groups (broad SMARTS) is 1. The van der Waals surface area contributed by atoms with Crippen LogP contribution < -0.4 is 10.9 Å². The summed E-state index contributed by atoms with van der Waals surface area (Å²) in [4.78, 5) is 33.2. The number of hydrogen-bond acceptors (Lipinski definition) is 5. The molecule has 0 aliphatic carbocycles. The molecule has 0 aromatic carbocycles. The van der Waals surface area contributed by atoms with Crippen LogP contribution in [0.4, 0.5) is 5.00 Å². The van der Waals surface area contributed by atoms with E-state index in [4.69, 9.17) is 5.11 Å². The van der Waals surface area contributed by atoms with Gasteiger partial charge in [0, 0.05) is 6.07 Å². The van der Waals surface area contributed by atoms with Gasteiger partial charge in [-0.1, -0.05) is 0 Å². The first-order chi connectivity index (χ1) is 8.56. The quantitative estimate of drug-likeness (QED) is 0.759. The zero-order valence-corrected chi connectivity index (χ0v) is 9.65. The van der Waals surface area contributed by atoms with Gasteiger partial charge in [0.15, 0.2) is 0 Å². The maximum Gasteiger partial charge on any atom is 0.345 e. The normalized spacial score (nSPS) is 10.0. The van der Waals surface area contributed by atoms with Crippen LogP contribution in [-0.2, 0) is 0 Å². The summed E-state index contributed by atoms with van der Waals surface area (Å²) >= 11 is 0.936. The van der Waals surface area contributed by atoms with Crippen molar-refractivity contribution in [3.63, 3.8) is 0 Å². The molecule has 7 nitrogen and oxygen atoms in total. The zero-order valence-electron chi connectivity index (χ0n) is 8.84. The van der Waals surface area contributed by atoms with Crippen LogP contribution in [-0.4, -0.2) is 27.2 Å². The number of aromatic nitrogens is 2. The summed E-state index contributed by atoms with van der Waals surface area (Å²) in [6, 6.07) is 5.33. The summed E-state index contributed by atoms with van der Waals surface area (Å²) in [7, 11) is 0. The maximum atomic E-state index is 11.7. The maximum absolute atomic E-state index is 11.7. The lowest BCUT2D eigenvalue weighted by molar-refractivity contribution is 0.0702. The van der Waals surface area contributed by atoms with E-state index < -0.39 is 17.4 Å². The molecule has 0 radical (unpaired) electrons. The molecule has 0 saturated carbocycles. The summed E-state index contributed by atoms with van der Waals surface area (Å²) in [5, 5.41) is 17.3. The van der Waals surface area contributed by atoms with E-state index in [9.17, 15) is 14.4 Å². The van der Waals surface area contributed by atoms with Gasteiger partial charge < -0.3 is 10.4 Å². The number of thiophene rings is 1. The van der Waals surface area contributed by atoms with E-state index in [1.807, 2.05) is 0 Å². The fraction of sp³-hybridized carbons (Fsp3) is 0. The van der Waals surface area contributed by atoms with E-state index in [1.54, 1.807) is 0 Å². The highest BCUT2D eigenvalue weighted by Crippen LogP contribution is 2.22. The number of nitrogens with zero attached hydrogens (tertiary/aromatic N) is 1. The van der Waals surface area contributed by atoms with E-state index in [0.717, 1.165) is 11.3 Å². The molecule has 0 fully saturated rings. The number of rotatable bonds is 3. The Hall–Kier alpha value is -2.48. The van der Waals surface area contributed by atoms with Crippen molar-refractivity contribution in [1.82, 2.24) is 10.2 Å². The summed E-state index contributed by atoms with van der Waals surface area (Å²) in [5.74, 6) is -1.58. The van der Waals surface area contributed by atoms with Gasteiger partial charge in [-0.25, -0.2) is 9.89 Å². The second-order valence-electron chi connectivity index (χ2n) is 3.23. The Bertz CT molecular complexity index is 641. The summed E-state index contributed by atoms with van der Waals surface area (Å²) in [5.41, 5.74) is -0.365. The van der Waals surface area contributed by atoms with Crippen LogP contribution in [0.5, 0.6) is 0 Å². The molecule has 3 N–H and O–H groups in total. The molecule has 2 aromatic rings. The molecule has 1 amide bonds. The zero-order chi connectivity index (χ0) is 13.1. The molecule has 0 unspecified atom stereocenters. The highest BCUT2D eigenvalue weighted by Gasteiger charge is 2.11. The minimum absolute atomic E-state index is 0.0416. The molecule has 0 aliphatic heterocycles. The molecule has 2 heterocycles. The molecule has 0 atom stereocenters. The fourth-order valence-corrected chi connectivity index (χ4v) is 1.91. The smallest absolute Gasteiger partial charge is 0.345 e. The minimum atomic E-state index is -1.05. The lowest BCUT2D eigenvalue weighted by Crippen LogP contribution is -2.16. The van der Waals surface area contributed by atoms with Gasteiger partial charge in [-0.2, -0.15) is 5.10 Å². The van der Waals surface area contributed by atoms with Gasteiger partial charge in [0.05, 0.1) is 5.00 Å². The standard InChI is InChI=1S/C10H7N3O4S/c14-7-3-1-5(12-13-7)9(15)11-8-4-2-6(18-8)10(16)17/h1-4H,(H,11,15)(H,13,14)(H,16,17). The fourth-order valence-electron chi connectivity index (χ4n) is 1.17. The molecular weight excluding hydrogens is 258 g/mol. The van der Waals surface area contributed by atoms with Crippen molar-refractivity contribution in [3.05, 3.63) is 45.2 Å². The van der Waals surface area contributed by atoms with Crippen LogP contribution in [0.1, 0.15) is 20.2 Å². The second-order valence-corrected chi connectivity index (χ2v) is 4.31. The highest BCUT2D eigenvalue weighted by atomic mass is 32.1. The summed E-state index contributed by atoms with van der Waals surface area (Å²) < 4.78 is 0. The predicted octanol–water partition coefficient (Wildman–Crippen LogP) is 0.782. The lowest BCUT2D eigenvalue weighted by Gasteiger charge is -1.99. The number of carboxylic acids is 1. The largest absolute Gasteiger partial charge is 0.477 e. The number of carbonyl (C=O) groups excluding carboxylic acids is 1. The van der Waals surface area contributed by atoms with E-state index >= 15 is 0 Å². The molecule has 2 rings (SSSR count). The van der Waals surface area contributed by atoms with Crippen LogP contribution in [0, 0.1) is 0 Å². The third-order valence-electron chi connectivity index (χ3n) is 1.97. The van der Waals surface area contributed by atoms with Crippen molar-refractivity contribution in [1.29, 1.82) is 0 Å². The number of anilines is 1. The third kappa shape index (κ3) is 2.61. The molecule has 0 bridgehead atoms. The predicted molar refractivity (Wildman–Crippen MR) is 64.1 cm³/mol. The Labute approximate surface area is 104 Å². The van der Waals surface area contributed by atoms with Crippen LogP contribution in [0.2, 0.25) is 0 Å². The number of aromatic carboxylic acids is 1. The van der Waals surface area contributed by atoms with Gasteiger partial charge in [0.25, 0.3) is 11.5 Å². The molecule has 0 saturated heterocycles. The topological polar surface area (TPSA) is 112 Å². The summed E-state index contributed by atoms with van der Waals surface area (Å²) in [6.45, 7) is 0. The number of hydrogen-bond donors (Lipinski definition) is 3. The van der Waals surface area contributed by atoms with Crippen molar-refractivity contribution in [2.75, 3.05) is 5.32 Å². The highest BCUT2D eigenvalue weighted by molar-refractivity contribution is 7.18. The van der Waals surface area contributed by atoms with Crippen molar-refractivity contribution >= 4 is 28.2 Å². The molecule has 18 heavy (non-hydrogen) atoms. The number of H-pyrrole nitrogens is 1. The van der Waals surface area contributed by atoms with Gasteiger partial charge >= 0.3 is 5.97 Å². The number of carbonyl (C=O) groups is 2. The van der Waals surface area contributed by atoms with Crippen LogP contribution >= 0.6 is 11.3 Å². The lowest BCUT2D eigenvalue weighted by atomic mass is 10.3. The minimum Gasteiger partial charge on any atom is -0.477 e. The van der Waals surface area contributed by atoms with Gasteiger partial charge in [0.1, 0.15) is 10.6 Å². The molecule has 0 spiro atoms. The number of nitrogens with one attached hydrogen (secondary N) is 2. The molecule has 92 valence electrons. The molecule has 8 heteroatoms. The van der Waals surface area contributed by atoms with Crippen LogP contribution in [0.3, 0.4) is 0 Å². The Morgan fingerprint density at radius 3 is 2.61 bits per heavy atom. The first-order valence-electron chi connectivity index (χ1n) is 4.76. The first-order valence-corrected chi connectivity index (χ1v) is 5.58. The van der Waals surface area contributed by atoms with Crippen molar-refractivity contribution in [3.8, 4) is 0 Å². The Morgan fingerprint density at radius 2 is 2.06 bits per heavy atom. The van der Waals surface area contributed by atoms with Gasteiger partial charge in [-0.05, 0) is 18.2 Å². The third-order valence-corrected chi connectivity index (χ3v) is 2.95. The van der Waals surface area contributed by atoms with Crippen LogP contribution in [0.25, 0.3) is 0 Å². The SMILES string of the molecule is O=C(Nc1ccc(C(=O)O)s1)c1ccc(=O)[nH]n1. The molecule has 0 aliphatic rings. The van der Waals surface area contributed by atoms with Crippen molar-refractivity contribution in [2.45, 2.75) is 0 Å². The molecular formula is C10H7N3O4S. The van der Waals surface area contributed by atoms with Crippen molar-refractivity contribution in [2.24, 2.45) is 0 Å². The second kappa shape index (κ2) is 4.80. The average Bonchev–Trinajstić information content (AvgIpc) is 2.78.